The number of rotatable bonds is 4. The molecule has 24 heavy (non-hydrogen) atoms. The summed E-state index contributed by atoms with van der Waals surface area (Å²) in [6.45, 7) is 2.86. The number of pyridine rings is 1. The van der Waals surface area contributed by atoms with Gasteiger partial charge in [-0.1, -0.05) is 0 Å². The van der Waals surface area contributed by atoms with Crippen molar-refractivity contribution in [1.82, 2.24) is 15.0 Å². The molecule has 0 radical (unpaired) electrons. The molecule has 1 aliphatic heterocycles. The predicted molar refractivity (Wildman–Crippen MR) is 95.2 cm³/mol. The van der Waals surface area contributed by atoms with Crippen LogP contribution in [0.4, 0.5) is 11.6 Å². The zero-order chi connectivity index (χ0) is 16.4. The number of hydrogen-bond donors (Lipinski definition) is 1. The molecule has 0 bridgehead atoms. The van der Waals surface area contributed by atoms with Crippen molar-refractivity contribution < 1.29 is 0 Å². The summed E-state index contributed by atoms with van der Waals surface area (Å²) >= 11 is 1.70. The van der Waals surface area contributed by atoms with E-state index in [0.717, 1.165) is 43.2 Å². The fourth-order valence-electron chi connectivity index (χ4n) is 3.01. The summed E-state index contributed by atoms with van der Waals surface area (Å²) in [4.78, 5) is 15.4. The van der Waals surface area contributed by atoms with Crippen molar-refractivity contribution >= 4 is 33.2 Å². The van der Waals surface area contributed by atoms with Crippen LogP contribution in [0.25, 0.3) is 10.2 Å². The Bertz CT molecular complexity index is 882. The van der Waals surface area contributed by atoms with Crippen molar-refractivity contribution in [2.75, 3.05) is 29.9 Å². The average Bonchev–Trinajstić information content (AvgIpc) is 3.29. The lowest BCUT2D eigenvalue weighted by atomic mass is 10.1. The second-order valence-electron chi connectivity index (χ2n) is 5.86. The number of nitriles is 1. The number of aromatic nitrogens is 3. The van der Waals surface area contributed by atoms with Crippen LogP contribution in [0.3, 0.4) is 0 Å². The molecule has 1 atom stereocenters. The molecule has 7 heteroatoms. The first kappa shape index (κ1) is 14.8. The van der Waals surface area contributed by atoms with E-state index in [-0.39, 0.29) is 0 Å². The highest BCUT2D eigenvalue weighted by atomic mass is 32.1. The Morgan fingerprint density at radius 2 is 2.25 bits per heavy atom. The van der Waals surface area contributed by atoms with E-state index < -0.39 is 0 Å². The fraction of sp³-hybridized carbons (Fsp3) is 0.294. The number of thiophene rings is 1. The molecule has 1 fully saturated rings. The molecule has 1 aliphatic rings. The minimum Gasteiger partial charge on any atom is -0.370 e. The van der Waals surface area contributed by atoms with Crippen molar-refractivity contribution in [3.8, 4) is 6.07 Å². The molecular weight excluding hydrogens is 320 g/mol. The summed E-state index contributed by atoms with van der Waals surface area (Å²) in [5.41, 5.74) is 1.60. The van der Waals surface area contributed by atoms with E-state index in [9.17, 15) is 0 Å². The predicted octanol–water partition coefficient (Wildman–Crippen LogP) is 2.90. The van der Waals surface area contributed by atoms with Crippen LogP contribution in [0, 0.1) is 17.2 Å². The van der Waals surface area contributed by atoms with Gasteiger partial charge in [-0.15, -0.1) is 11.3 Å². The minimum atomic E-state index is 0.549. The Balaban J connectivity index is 1.39. The van der Waals surface area contributed by atoms with Gasteiger partial charge in [-0.2, -0.15) is 5.26 Å². The summed E-state index contributed by atoms with van der Waals surface area (Å²) < 4.78 is 1.17. The largest absolute Gasteiger partial charge is 0.370 e. The summed E-state index contributed by atoms with van der Waals surface area (Å²) in [5.74, 6) is 2.41. The highest BCUT2D eigenvalue weighted by Gasteiger charge is 2.25. The van der Waals surface area contributed by atoms with Gasteiger partial charge in [0.05, 0.1) is 15.8 Å². The molecule has 120 valence electrons. The second-order valence-corrected chi connectivity index (χ2v) is 6.77. The van der Waals surface area contributed by atoms with Crippen LogP contribution < -0.4 is 10.2 Å². The molecule has 1 N–H and O–H groups in total. The maximum Gasteiger partial charge on any atom is 0.150 e. The first-order chi connectivity index (χ1) is 11.8. The molecule has 0 aromatic carbocycles. The van der Waals surface area contributed by atoms with Crippen LogP contribution in [0.15, 0.2) is 36.1 Å². The van der Waals surface area contributed by atoms with Crippen molar-refractivity contribution in [2.24, 2.45) is 5.92 Å². The Morgan fingerprint density at radius 1 is 1.29 bits per heavy atom. The zero-order valence-corrected chi connectivity index (χ0v) is 13.8. The molecule has 3 aromatic rings. The van der Waals surface area contributed by atoms with E-state index in [1.54, 1.807) is 29.9 Å². The molecule has 0 spiro atoms. The lowest BCUT2D eigenvalue weighted by Crippen LogP contribution is -2.23. The van der Waals surface area contributed by atoms with E-state index in [1.807, 2.05) is 12.1 Å². The van der Waals surface area contributed by atoms with E-state index in [0.29, 0.717) is 11.5 Å². The third-order valence-corrected chi connectivity index (χ3v) is 5.17. The number of nitrogens with one attached hydrogen (secondary N) is 1. The minimum absolute atomic E-state index is 0.549. The quantitative estimate of drug-likeness (QED) is 0.789. The summed E-state index contributed by atoms with van der Waals surface area (Å²) in [7, 11) is 0. The highest BCUT2D eigenvalue weighted by molar-refractivity contribution is 7.17. The molecule has 4 heterocycles. The maximum atomic E-state index is 8.80. The van der Waals surface area contributed by atoms with Crippen LogP contribution in [-0.2, 0) is 0 Å². The molecule has 0 saturated carbocycles. The van der Waals surface area contributed by atoms with Crippen LogP contribution in [0.1, 0.15) is 12.0 Å². The zero-order valence-electron chi connectivity index (χ0n) is 13.0. The highest BCUT2D eigenvalue weighted by Crippen LogP contribution is 2.31. The topological polar surface area (TPSA) is 77.7 Å². The van der Waals surface area contributed by atoms with Gasteiger partial charge in [-0.25, -0.2) is 15.0 Å². The Morgan fingerprint density at radius 3 is 3.08 bits per heavy atom. The fourth-order valence-corrected chi connectivity index (χ4v) is 3.87. The number of hydrogen-bond acceptors (Lipinski definition) is 7. The van der Waals surface area contributed by atoms with Gasteiger partial charge in [0.1, 0.15) is 24.0 Å². The standard InChI is InChI=1S/C17H16N6S/c18-7-12-1-2-15(19-8-12)20-9-13-3-5-23(10-13)17-16-14(4-6-24-16)21-11-22-17/h1-2,4,6,8,11,13H,3,5,9-10H2,(H,19,20). The summed E-state index contributed by atoms with van der Waals surface area (Å²) in [6, 6.07) is 7.75. The van der Waals surface area contributed by atoms with Crippen LogP contribution in [0.2, 0.25) is 0 Å². The summed E-state index contributed by atoms with van der Waals surface area (Å²) in [5, 5.41) is 14.2. The monoisotopic (exact) mass is 336 g/mol. The van der Waals surface area contributed by atoms with E-state index >= 15 is 0 Å². The molecule has 3 aromatic heterocycles. The van der Waals surface area contributed by atoms with Crippen molar-refractivity contribution in [3.05, 3.63) is 41.7 Å². The Hall–Kier alpha value is -2.72. The van der Waals surface area contributed by atoms with Gasteiger partial charge >= 0.3 is 0 Å². The number of fused-ring (bicyclic) bond motifs is 1. The SMILES string of the molecule is N#Cc1ccc(NCC2CCN(c3ncnc4ccsc34)C2)nc1. The molecular formula is C17H16N6S. The van der Waals surface area contributed by atoms with Crippen LogP contribution >= 0.6 is 11.3 Å². The van der Waals surface area contributed by atoms with Crippen molar-refractivity contribution in [1.29, 1.82) is 5.26 Å². The maximum absolute atomic E-state index is 8.80. The van der Waals surface area contributed by atoms with E-state index in [2.05, 4.69) is 36.6 Å². The summed E-state index contributed by atoms with van der Waals surface area (Å²) in [6.07, 6.45) is 4.37. The van der Waals surface area contributed by atoms with Gasteiger partial charge in [-0.05, 0) is 35.9 Å². The molecule has 4 rings (SSSR count). The molecule has 1 unspecified atom stereocenters. The Labute approximate surface area is 143 Å². The third-order valence-electron chi connectivity index (χ3n) is 4.27. The molecule has 0 aliphatic carbocycles. The molecule has 0 amide bonds. The van der Waals surface area contributed by atoms with Gasteiger partial charge in [-0.3, -0.25) is 0 Å². The van der Waals surface area contributed by atoms with Crippen LogP contribution in [0.5, 0.6) is 0 Å². The second kappa shape index (κ2) is 6.42. The van der Waals surface area contributed by atoms with Crippen molar-refractivity contribution in [2.45, 2.75) is 6.42 Å². The van der Waals surface area contributed by atoms with Gasteiger partial charge in [0.25, 0.3) is 0 Å². The number of anilines is 2. The van der Waals surface area contributed by atoms with Gasteiger partial charge < -0.3 is 10.2 Å². The van der Waals surface area contributed by atoms with Crippen LogP contribution in [-0.4, -0.2) is 34.6 Å². The molecule has 1 saturated heterocycles. The van der Waals surface area contributed by atoms with E-state index in [4.69, 9.17) is 5.26 Å². The van der Waals surface area contributed by atoms with E-state index in [1.165, 1.54) is 4.70 Å². The lowest BCUT2D eigenvalue weighted by Gasteiger charge is -2.18. The lowest BCUT2D eigenvalue weighted by molar-refractivity contribution is 0.621. The van der Waals surface area contributed by atoms with Gasteiger partial charge in [0.2, 0.25) is 0 Å². The normalized spacial score (nSPS) is 17.1. The first-order valence-electron chi connectivity index (χ1n) is 7.86. The van der Waals surface area contributed by atoms with Gasteiger partial charge in [0, 0.05) is 25.8 Å². The number of nitrogens with zero attached hydrogens (tertiary/aromatic N) is 5. The third kappa shape index (κ3) is 2.88. The smallest absolute Gasteiger partial charge is 0.150 e. The van der Waals surface area contributed by atoms with Gasteiger partial charge in [0.15, 0.2) is 0 Å². The first-order valence-corrected chi connectivity index (χ1v) is 8.74. The average molecular weight is 336 g/mol. The molecule has 6 nitrogen and oxygen atoms in total. The van der Waals surface area contributed by atoms with Crippen molar-refractivity contribution in [3.63, 3.8) is 0 Å². The Kier molecular flexibility index (Phi) is 3.97.